The van der Waals surface area contributed by atoms with Crippen molar-refractivity contribution in [2.75, 3.05) is 36.5 Å². The molecule has 0 aliphatic carbocycles. The summed E-state index contributed by atoms with van der Waals surface area (Å²) in [5, 5.41) is 27.1. The number of carbonyl (C=O) groups is 3. The van der Waals surface area contributed by atoms with Gasteiger partial charge in [-0.3, -0.25) is 19.8 Å². The number of benzene rings is 5. The maximum absolute atomic E-state index is 13.4. The van der Waals surface area contributed by atoms with Gasteiger partial charge in [0.05, 0.1) is 20.9 Å². The van der Waals surface area contributed by atoms with Crippen LogP contribution in [0, 0.1) is 10.1 Å². The first-order chi connectivity index (χ1) is 31.9. The lowest BCUT2D eigenvalue weighted by atomic mass is 9.92. The number of piperazine rings is 1. The Hall–Kier alpha value is -7.24. The van der Waals surface area contributed by atoms with Gasteiger partial charge in [-0.15, -0.1) is 0 Å². The van der Waals surface area contributed by atoms with Gasteiger partial charge in [-0.1, -0.05) is 60.1 Å². The minimum absolute atomic E-state index is 0.126. The van der Waals surface area contributed by atoms with Crippen LogP contribution >= 0.6 is 11.6 Å². The minimum Gasteiger partial charge on any atom is -0.475 e. The van der Waals surface area contributed by atoms with Crippen molar-refractivity contribution in [3.8, 4) is 11.1 Å². The van der Waals surface area contributed by atoms with Crippen LogP contribution in [0.4, 0.5) is 49.4 Å². The largest absolute Gasteiger partial charge is 0.490 e. The molecular weight excluding hydrogens is 952 g/mol. The van der Waals surface area contributed by atoms with Crippen molar-refractivity contribution >= 4 is 73.5 Å². The Morgan fingerprint density at radius 2 is 1.53 bits per heavy atom. The Balaban J connectivity index is 0.000000475. The molecule has 4 N–H and O–H groups in total. The number of nitrogens with zero attached hydrogens (tertiary/aromatic N) is 5. The number of amides is 1. The average molecular weight is 990 g/mol. The van der Waals surface area contributed by atoms with Crippen LogP contribution in [-0.2, 0) is 32.6 Å². The van der Waals surface area contributed by atoms with E-state index < -0.39 is 55.7 Å². The third-order valence-corrected chi connectivity index (χ3v) is 12.3. The number of sulfonamides is 1. The van der Waals surface area contributed by atoms with Crippen molar-refractivity contribution in [2.24, 2.45) is 0 Å². The molecule has 8 rings (SSSR count). The van der Waals surface area contributed by atoms with E-state index >= 15 is 0 Å². The number of hydrogen-bond acceptors (Lipinski definition) is 11. The number of aromatic nitrogens is 2. The molecule has 1 saturated heterocycles. The summed E-state index contributed by atoms with van der Waals surface area (Å²) in [7, 11) is -2.86. The highest BCUT2D eigenvalue weighted by Gasteiger charge is 2.39. The van der Waals surface area contributed by atoms with Crippen LogP contribution in [0.5, 0.6) is 0 Å². The second kappa shape index (κ2) is 20.3. The third kappa shape index (κ3) is 12.0. The van der Waals surface area contributed by atoms with Crippen LogP contribution in [0.3, 0.4) is 0 Å². The molecular formula is C44H38ClF6N7O9S. The fourth-order valence-corrected chi connectivity index (χ4v) is 8.64. The van der Waals surface area contributed by atoms with Gasteiger partial charge < -0.3 is 25.0 Å². The molecule has 2 aliphatic rings. The first kappa shape index (κ1) is 50.2. The van der Waals surface area contributed by atoms with Gasteiger partial charge in [-0.05, 0) is 89.7 Å². The number of nitro benzene ring substituents is 1. The number of para-hydroxylation sites is 2. The maximum atomic E-state index is 13.4. The molecule has 0 bridgehead atoms. The molecule has 5 aromatic carbocycles. The molecule has 358 valence electrons. The standard InChI is InChI=1S/C40H36ClN7O5S.2C2HF3O2/c1-45(40-42-34-8-4-5-9-35(34)43-40)37-19-17-32(23-38(37)48(50)51)54(52,53)44-39(49)28-13-18-36-27(22-28)12-16-31-25-46(20-21-47(31)36)24-29-6-2-3-7-33(29)26-10-14-30(41)15-11-26;2*3-2(4,5)1(6)7/h2-11,13-15,17-19,22-23,31H,12,16,20-21,24-25H2,1H3,(H,42,43)(H,44,49);2*(H,6,7)/t31-;;/m0../s1. The number of H-pyrrole nitrogens is 1. The quantitative estimate of drug-likeness (QED) is 0.0607. The number of aromatic amines is 1. The van der Waals surface area contributed by atoms with Crippen LogP contribution in [0.15, 0.2) is 114 Å². The SMILES string of the molecule is CN(c1nc2ccccc2[nH]1)c1ccc(S(=O)(=O)NC(=O)c2ccc3c(c2)CC[C@H]2CN(Cc4ccccc4-c4ccc(Cl)cc4)CCN32)cc1[N+](=O)[O-].O=C(O)C(F)(F)F.O=C(O)C(F)(F)F. The fourth-order valence-electron chi connectivity index (χ4n) is 7.52. The summed E-state index contributed by atoms with van der Waals surface area (Å²) in [6.45, 7) is 3.41. The molecule has 1 amide bonds. The molecule has 0 radical (unpaired) electrons. The van der Waals surface area contributed by atoms with Gasteiger partial charge in [0, 0.05) is 61.6 Å². The van der Waals surface area contributed by atoms with Crippen molar-refractivity contribution < 1.29 is 64.3 Å². The number of nitro groups is 1. The average Bonchev–Trinajstić information content (AvgIpc) is 3.73. The summed E-state index contributed by atoms with van der Waals surface area (Å²) < 4.78 is 92.4. The monoisotopic (exact) mass is 989 g/mol. The topological polar surface area (TPSA) is 219 Å². The van der Waals surface area contributed by atoms with Crippen molar-refractivity contribution in [1.29, 1.82) is 0 Å². The summed E-state index contributed by atoms with van der Waals surface area (Å²) in [6.07, 6.45) is -8.53. The number of alkyl halides is 6. The molecule has 16 nitrogen and oxygen atoms in total. The van der Waals surface area contributed by atoms with Gasteiger partial charge in [0.2, 0.25) is 5.95 Å². The van der Waals surface area contributed by atoms with E-state index in [9.17, 15) is 49.7 Å². The van der Waals surface area contributed by atoms with Crippen molar-refractivity contribution in [3.05, 3.63) is 141 Å². The molecule has 24 heteroatoms. The lowest BCUT2D eigenvalue weighted by Crippen LogP contribution is -2.54. The highest BCUT2D eigenvalue weighted by molar-refractivity contribution is 7.90. The lowest BCUT2D eigenvalue weighted by molar-refractivity contribution is -0.384. The molecule has 6 aromatic rings. The van der Waals surface area contributed by atoms with E-state index in [1.807, 2.05) is 42.5 Å². The summed E-state index contributed by atoms with van der Waals surface area (Å²) in [4.78, 5) is 56.2. The van der Waals surface area contributed by atoms with Gasteiger partial charge in [-0.2, -0.15) is 26.3 Å². The summed E-state index contributed by atoms with van der Waals surface area (Å²) >= 11 is 6.14. The maximum Gasteiger partial charge on any atom is 0.490 e. The highest BCUT2D eigenvalue weighted by atomic mass is 35.5. The molecule has 68 heavy (non-hydrogen) atoms. The van der Waals surface area contributed by atoms with Gasteiger partial charge in [-0.25, -0.2) is 27.7 Å². The first-order valence-corrected chi connectivity index (χ1v) is 21.9. The number of rotatable bonds is 9. The van der Waals surface area contributed by atoms with Gasteiger partial charge >= 0.3 is 24.3 Å². The van der Waals surface area contributed by atoms with E-state index in [-0.39, 0.29) is 11.3 Å². The number of carboxylic acid groups (broad SMARTS) is 2. The van der Waals surface area contributed by atoms with E-state index in [1.54, 1.807) is 19.2 Å². The third-order valence-electron chi connectivity index (χ3n) is 10.8. The zero-order chi connectivity index (χ0) is 49.7. The van der Waals surface area contributed by atoms with E-state index in [4.69, 9.17) is 31.4 Å². The zero-order valence-electron chi connectivity index (χ0n) is 35.3. The number of anilines is 3. The van der Waals surface area contributed by atoms with Gasteiger partial charge in [0.1, 0.15) is 5.69 Å². The smallest absolute Gasteiger partial charge is 0.475 e. The van der Waals surface area contributed by atoms with Crippen LogP contribution in [0.2, 0.25) is 5.02 Å². The predicted octanol–water partition coefficient (Wildman–Crippen LogP) is 8.58. The number of aliphatic carboxylic acids is 2. The minimum atomic E-state index is -5.08. The number of carboxylic acids is 2. The molecule has 1 fully saturated rings. The Morgan fingerprint density at radius 3 is 2.16 bits per heavy atom. The Bertz CT molecular complexity index is 2920. The molecule has 0 spiro atoms. The number of fused-ring (bicyclic) bond motifs is 4. The number of halogens is 7. The van der Waals surface area contributed by atoms with Gasteiger partial charge in [0.25, 0.3) is 21.6 Å². The van der Waals surface area contributed by atoms with Crippen molar-refractivity contribution in [1.82, 2.24) is 19.6 Å². The second-order valence-corrected chi connectivity index (χ2v) is 17.3. The molecule has 1 atom stereocenters. The number of carbonyl (C=O) groups excluding carboxylic acids is 1. The van der Waals surface area contributed by atoms with E-state index in [2.05, 4.69) is 60.9 Å². The van der Waals surface area contributed by atoms with Crippen molar-refractivity contribution in [2.45, 2.75) is 42.7 Å². The fraction of sp³-hybridized carbons (Fsp3) is 0.227. The Morgan fingerprint density at radius 1 is 0.897 bits per heavy atom. The number of nitrogens with one attached hydrogen (secondary N) is 2. The van der Waals surface area contributed by atoms with Crippen LogP contribution in [0.25, 0.3) is 22.2 Å². The second-order valence-electron chi connectivity index (χ2n) is 15.2. The normalized spacial score (nSPS) is 14.8. The van der Waals surface area contributed by atoms with Crippen LogP contribution in [0.1, 0.15) is 27.9 Å². The molecule has 0 saturated carbocycles. The van der Waals surface area contributed by atoms with E-state index in [0.29, 0.717) is 22.5 Å². The van der Waals surface area contributed by atoms with Gasteiger partial charge in [0.15, 0.2) is 0 Å². The molecule has 3 heterocycles. The molecule has 0 unspecified atom stereocenters. The number of imidazole rings is 1. The summed E-state index contributed by atoms with van der Waals surface area (Å²) in [6, 6.07) is 32.8. The predicted molar refractivity (Wildman–Crippen MR) is 237 cm³/mol. The Kier molecular flexibility index (Phi) is 15.0. The number of aryl methyl sites for hydroxylation is 1. The number of hydrogen-bond donors (Lipinski definition) is 4. The van der Waals surface area contributed by atoms with E-state index in [0.717, 1.165) is 67.4 Å². The van der Waals surface area contributed by atoms with Crippen LogP contribution in [-0.4, -0.2) is 101 Å². The molecule has 2 aliphatic heterocycles. The Labute approximate surface area is 387 Å². The lowest BCUT2D eigenvalue weighted by Gasteiger charge is -2.46. The summed E-state index contributed by atoms with van der Waals surface area (Å²) in [5.41, 5.74) is 6.91. The van der Waals surface area contributed by atoms with Crippen LogP contribution < -0.4 is 14.5 Å². The molecule has 1 aromatic heterocycles. The summed E-state index contributed by atoms with van der Waals surface area (Å²) in [5.74, 6) is -5.98. The highest BCUT2D eigenvalue weighted by Crippen LogP contribution is 2.36. The first-order valence-electron chi connectivity index (χ1n) is 20.0. The van der Waals surface area contributed by atoms with E-state index in [1.165, 1.54) is 28.2 Å². The zero-order valence-corrected chi connectivity index (χ0v) is 36.8. The van der Waals surface area contributed by atoms with Crippen molar-refractivity contribution in [3.63, 3.8) is 0 Å².